The van der Waals surface area contributed by atoms with Gasteiger partial charge in [0.25, 0.3) is 0 Å². The van der Waals surface area contributed by atoms with Crippen molar-refractivity contribution >= 4 is 22.8 Å². The second kappa shape index (κ2) is 6.03. The van der Waals surface area contributed by atoms with Gasteiger partial charge in [-0.15, -0.1) is 0 Å². The fourth-order valence-electron chi connectivity index (χ4n) is 3.11. The zero-order chi connectivity index (χ0) is 17.5. The molecule has 0 bridgehead atoms. The molecule has 0 saturated carbocycles. The highest BCUT2D eigenvalue weighted by Gasteiger charge is 2.26. The van der Waals surface area contributed by atoms with Crippen molar-refractivity contribution < 1.29 is 4.79 Å². The van der Waals surface area contributed by atoms with Crippen LogP contribution in [-0.2, 0) is 17.3 Å². The number of carbonyl (C=O) groups excluding carboxylic acids is 1. The van der Waals surface area contributed by atoms with Crippen LogP contribution in [0, 0.1) is 0 Å². The number of hydrogen-bond donors (Lipinski definition) is 1. The number of hydrogen-bond acceptors (Lipinski definition) is 5. The molecule has 7 heteroatoms. The van der Waals surface area contributed by atoms with Gasteiger partial charge in [-0.05, 0) is 12.8 Å². The van der Waals surface area contributed by atoms with Crippen LogP contribution in [0.3, 0.4) is 0 Å². The van der Waals surface area contributed by atoms with Crippen LogP contribution in [0.25, 0.3) is 11.0 Å². The maximum atomic E-state index is 11.2. The molecule has 3 heterocycles. The summed E-state index contributed by atoms with van der Waals surface area (Å²) < 4.78 is 1.81. The van der Waals surface area contributed by atoms with E-state index in [2.05, 4.69) is 36.1 Å². The third kappa shape index (κ3) is 3.20. The van der Waals surface area contributed by atoms with Gasteiger partial charge in [0.05, 0.1) is 11.6 Å². The normalized spacial score (nSPS) is 16.6. The molecule has 2 aromatic heterocycles. The number of aryl methyl sites for hydroxylation is 1. The summed E-state index contributed by atoms with van der Waals surface area (Å²) in [6.07, 6.45) is 3.70. The van der Waals surface area contributed by atoms with Gasteiger partial charge in [0.15, 0.2) is 5.65 Å². The first kappa shape index (κ1) is 16.7. The van der Waals surface area contributed by atoms with E-state index in [0.717, 1.165) is 48.6 Å². The highest BCUT2D eigenvalue weighted by atomic mass is 16.1. The number of anilines is 1. The molecule has 0 unspecified atom stereocenters. The average molecular weight is 330 g/mol. The van der Waals surface area contributed by atoms with Gasteiger partial charge < -0.3 is 10.2 Å². The van der Waals surface area contributed by atoms with E-state index >= 15 is 0 Å². The lowest BCUT2D eigenvalue weighted by atomic mass is 9.95. The first-order valence-electron chi connectivity index (χ1n) is 8.48. The topological polar surface area (TPSA) is 75.9 Å². The van der Waals surface area contributed by atoms with Gasteiger partial charge in [-0.1, -0.05) is 20.8 Å². The van der Waals surface area contributed by atoms with Crippen molar-refractivity contribution in [2.75, 3.05) is 18.0 Å². The SMILES string of the molecule is CC(=O)NC1CCN(c2nc(C(C)(C)C)nc3c2cnn3C)CC1. The molecule has 0 radical (unpaired) electrons. The molecular weight excluding hydrogens is 304 g/mol. The number of aromatic nitrogens is 4. The maximum Gasteiger partial charge on any atom is 0.217 e. The molecule has 1 aliphatic heterocycles. The van der Waals surface area contributed by atoms with Crippen molar-refractivity contribution in [3.63, 3.8) is 0 Å². The molecule has 3 rings (SSSR count). The van der Waals surface area contributed by atoms with Crippen LogP contribution in [-0.4, -0.2) is 44.8 Å². The van der Waals surface area contributed by atoms with Crippen LogP contribution < -0.4 is 10.2 Å². The molecule has 1 amide bonds. The Kier molecular flexibility index (Phi) is 4.19. The minimum Gasteiger partial charge on any atom is -0.356 e. The molecule has 0 aromatic carbocycles. The molecule has 130 valence electrons. The van der Waals surface area contributed by atoms with Gasteiger partial charge in [-0.2, -0.15) is 5.10 Å². The third-order valence-electron chi connectivity index (χ3n) is 4.44. The van der Waals surface area contributed by atoms with Crippen molar-refractivity contribution in [1.82, 2.24) is 25.1 Å². The van der Waals surface area contributed by atoms with Crippen LogP contribution in [0.4, 0.5) is 5.82 Å². The summed E-state index contributed by atoms with van der Waals surface area (Å²) >= 11 is 0. The van der Waals surface area contributed by atoms with Crippen LogP contribution in [0.5, 0.6) is 0 Å². The van der Waals surface area contributed by atoms with Crippen molar-refractivity contribution in [3.8, 4) is 0 Å². The summed E-state index contributed by atoms with van der Waals surface area (Å²) in [7, 11) is 1.91. The van der Waals surface area contributed by atoms with E-state index in [1.807, 2.05) is 13.2 Å². The van der Waals surface area contributed by atoms with Crippen molar-refractivity contribution in [2.45, 2.75) is 52.0 Å². The molecule has 1 N–H and O–H groups in total. The van der Waals surface area contributed by atoms with Gasteiger partial charge in [-0.3, -0.25) is 9.48 Å². The zero-order valence-corrected chi connectivity index (χ0v) is 15.1. The van der Waals surface area contributed by atoms with E-state index in [1.54, 1.807) is 11.6 Å². The monoisotopic (exact) mass is 330 g/mol. The maximum absolute atomic E-state index is 11.2. The number of nitrogens with one attached hydrogen (secondary N) is 1. The van der Waals surface area contributed by atoms with Gasteiger partial charge in [0, 0.05) is 38.5 Å². The molecular formula is C17H26N6O. The summed E-state index contributed by atoms with van der Waals surface area (Å²) in [4.78, 5) is 23.1. The molecule has 0 spiro atoms. The minimum absolute atomic E-state index is 0.0418. The molecule has 1 fully saturated rings. The lowest BCUT2D eigenvalue weighted by Gasteiger charge is -2.33. The summed E-state index contributed by atoms with van der Waals surface area (Å²) in [5.74, 6) is 1.83. The van der Waals surface area contributed by atoms with Gasteiger partial charge in [0.2, 0.25) is 5.91 Å². The molecule has 2 aromatic rings. The predicted molar refractivity (Wildman–Crippen MR) is 94.1 cm³/mol. The second-order valence-electron chi connectivity index (χ2n) is 7.59. The lowest BCUT2D eigenvalue weighted by molar-refractivity contribution is -0.119. The number of nitrogens with zero attached hydrogens (tertiary/aromatic N) is 5. The van der Waals surface area contributed by atoms with Crippen molar-refractivity contribution in [1.29, 1.82) is 0 Å². The van der Waals surface area contributed by atoms with Gasteiger partial charge in [-0.25, -0.2) is 9.97 Å². The fourth-order valence-corrected chi connectivity index (χ4v) is 3.11. The smallest absolute Gasteiger partial charge is 0.217 e. The lowest BCUT2D eigenvalue weighted by Crippen LogP contribution is -2.44. The van der Waals surface area contributed by atoms with E-state index in [1.165, 1.54) is 0 Å². The third-order valence-corrected chi connectivity index (χ3v) is 4.44. The zero-order valence-electron chi connectivity index (χ0n) is 15.1. The van der Waals surface area contributed by atoms with Crippen molar-refractivity contribution in [2.24, 2.45) is 7.05 Å². The molecule has 1 saturated heterocycles. The van der Waals surface area contributed by atoms with E-state index in [4.69, 9.17) is 9.97 Å². The summed E-state index contributed by atoms with van der Waals surface area (Å²) in [6, 6.07) is 0.257. The highest BCUT2D eigenvalue weighted by Crippen LogP contribution is 2.29. The van der Waals surface area contributed by atoms with Crippen molar-refractivity contribution in [3.05, 3.63) is 12.0 Å². The number of rotatable bonds is 2. The van der Waals surface area contributed by atoms with E-state index in [-0.39, 0.29) is 17.4 Å². The Morgan fingerprint density at radius 3 is 2.50 bits per heavy atom. The van der Waals surface area contributed by atoms with Gasteiger partial charge in [0.1, 0.15) is 11.6 Å². The number of fused-ring (bicyclic) bond motifs is 1. The Hall–Kier alpha value is -2.18. The average Bonchev–Trinajstić information content (AvgIpc) is 2.87. The second-order valence-corrected chi connectivity index (χ2v) is 7.59. The molecule has 0 atom stereocenters. The first-order valence-corrected chi connectivity index (χ1v) is 8.48. The van der Waals surface area contributed by atoms with Crippen LogP contribution in [0.1, 0.15) is 46.4 Å². The molecule has 1 aliphatic rings. The van der Waals surface area contributed by atoms with E-state index < -0.39 is 0 Å². The predicted octanol–water partition coefficient (Wildman–Crippen LogP) is 1.77. The first-order chi connectivity index (χ1) is 11.3. The van der Waals surface area contributed by atoms with E-state index in [0.29, 0.717) is 0 Å². The molecule has 0 aliphatic carbocycles. The quantitative estimate of drug-likeness (QED) is 0.908. The molecule has 7 nitrogen and oxygen atoms in total. The van der Waals surface area contributed by atoms with Crippen LogP contribution in [0.2, 0.25) is 0 Å². The summed E-state index contributed by atoms with van der Waals surface area (Å²) in [5.41, 5.74) is 0.746. The largest absolute Gasteiger partial charge is 0.356 e. The Labute approximate surface area is 142 Å². The standard InChI is InChI=1S/C17H26N6O/c1-11(24)19-12-6-8-23(9-7-12)15-13-10-18-22(5)14(13)20-16(21-15)17(2,3)4/h10,12H,6-9H2,1-5H3,(H,19,24). The van der Waals surface area contributed by atoms with Gasteiger partial charge >= 0.3 is 0 Å². The number of carbonyl (C=O) groups is 1. The Bertz CT molecular complexity index is 752. The highest BCUT2D eigenvalue weighted by molar-refractivity contribution is 5.87. The van der Waals surface area contributed by atoms with E-state index in [9.17, 15) is 4.79 Å². The summed E-state index contributed by atoms with van der Waals surface area (Å²) in [6.45, 7) is 9.68. The number of piperidine rings is 1. The van der Waals surface area contributed by atoms with Crippen LogP contribution in [0.15, 0.2) is 6.20 Å². The number of amides is 1. The minimum atomic E-state index is -0.123. The Balaban J connectivity index is 1.93. The van der Waals surface area contributed by atoms with Crippen LogP contribution >= 0.6 is 0 Å². The fraction of sp³-hybridized carbons (Fsp3) is 0.647. The Morgan fingerprint density at radius 1 is 1.25 bits per heavy atom. The summed E-state index contributed by atoms with van der Waals surface area (Å²) in [5, 5.41) is 8.36. The molecule has 24 heavy (non-hydrogen) atoms. The Morgan fingerprint density at radius 2 is 1.92 bits per heavy atom.